The number of alkyl halides is 8. The number of hydrogen-bond acceptors (Lipinski definition) is 12. The molecule has 0 spiro atoms. The summed E-state index contributed by atoms with van der Waals surface area (Å²) in [6.45, 7) is 3.38. The molecule has 15 nitrogen and oxygen atoms in total. The predicted octanol–water partition coefficient (Wildman–Crippen LogP) is 7.89. The summed E-state index contributed by atoms with van der Waals surface area (Å²) in [5.41, 5.74) is 1.09. The molecule has 0 saturated carbocycles. The minimum Gasteiger partial charge on any atom is -0.352 e. The maximum Gasteiger partial charge on any atom is 0.419 e. The van der Waals surface area contributed by atoms with Crippen LogP contribution in [0.2, 0.25) is 0 Å². The van der Waals surface area contributed by atoms with Gasteiger partial charge in [0.1, 0.15) is 0 Å². The van der Waals surface area contributed by atoms with E-state index in [1.165, 1.54) is 15.9 Å². The molecule has 4 aromatic heterocycles. The van der Waals surface area contributed by atoms with Gasteiger partial charge in [-0.25, -0.2) is 38.7 Å². The molecule has 0 aliphatic carbocycles. The van der Waals surface area contributed by atoms with Gasteiger partial charge in [-0.05, 0) is 63.3 Å². The van der Waals surface area contributed by atoms with Gasteiger partial charge in [0.05, 0.1) is 51.9 Å². The quantitative estimate of drug-likeness (QED) is 0.114. The third-order valence-electron chi connectivity index (χ3n) is 11.9. The first-order chi connectivity index (χ1) is 32.3. The molecular weight excluding hydrogens is 907 g/mol. The molecule has 356 valence electrons. The van der Waals surface area contributed by atoms with Crippen LogP contribution < -0.4 is 10.6 Å². The third-order valence-corrected chi connectivity index (χ3v) is 11.9. The Kier molecular flexibility index (Phi) is 13.3. The fraction of sp³-hybridized carbons (Fsp3) is 0.378. The molecule has 2 aromatic carbocycles. The number of piperidine rings is 2. The second kappa shape index (κ2) is 19.2. The summed E-state index contributed by atoms with van der Waals surface area (Å²) >= 11 is 0. The van der Waals surface area contributed by atoms with Crippen LogP contribution in [0.25, 0.3) is 17.1 Å². The van der Waals surface area contributed by atoms with E-state index in [0.717, 1.165) is 5.56 Å². The molecule has 0 radical (unpaired) electrons. The highest BCUT2D eigenvalue weighted by atomic mass is 19.4. The van der Waals surface area contributed by atoms with E-state index in [-0.39, 0.29) is 61.0 Å². The molecule has 2 fully saturated rings. The summed E-state index contributed by atoms with van der Waals surface area (Å²) < 4.78 is 109. The van der Waals surface area contributed by atoms with Crippen molar-refractivity contribution in [1.29, 1.82) is 0 Å². The average molecular weight is 950 g/mol. The number of amides is 2. The Morgan fingerprint density at radius 2 is 1.32 bits per heavy atom. The third kappa shape index (κ3) is 10.8. The highest BCUT2D eigenvalue weighted by Crippen LogP contribution is 2.35. The predicted molar refractivity (Wildman–Crippen MR) is 230 cm³/mol. The molecule has 0 bridgehead atoms. The molecule has 6 heterocycles. The summed E-state index contributed by atoms with van der Waals surface area (Å²) in [4.78, 5) is 57.2. The number of halogens is 8. The first-order valence-corrected chi connectivity index (χ1v) is 21.5. The molecular formula is C45H43F8N13O2. The van der Waals surface area contributed by atoms with Gasteiger partial charge in [-0.3, -0.25) is 9.59 Å². The lowest BCUT2D eigenvalue weighted by atomic mass is 9.84. The first kappa shape index (κ1) is 47.3. The summed E-state index contributed by atoms with van der Waals surface area (Å²) in [5.74, 6) is -4.31. The van der Waals surface area contributed by atoms with E-state index in [1.807, 2.05) is 13.0 Å². The number of aromatic nitrogens is 9. The summed E-state index contributed by atoms with van der Waals surface area (Å²) in [7, 11) is 0. The molecule has 68 heavy (non-hydrogen) atoms. The number of likely N-dealkylation sites (tertiary alicyclic amines) is 2. The number of aryl methyl sites for hydroxylation is 2. The molecule has 6 aromatic rings. The van der Waals surface area contributed by atoms with Crippen molar-refractivity contribution in [3.05, 3.63) is 125 Å². The largest absolute Gasteiger partial charge is 0.419 e. The minimum absolute atomic E-state index is 0.0470. The zero-order valence-corrected chi connectivity index (χ0v) is 36.4. The molecule has 23 heteroatoms. The van der Waals surface area contributed by atoms with E-state index in [0.29, 0.717) is 72.4 Å². The van der Waals surface area contributed by atoms with Crippen LogP contribution in [0.1, 0.15) is 74.3 Å². The van der Waals surface area contributed by atoms with Gasteiger partial charge in [0, 0.05) is 81.8 Å². The monoisotopic (exact) mass is 949 g/mol. The van der Waals surface area contributed by atoms with Gasteiger partial charge < -0.3 is 20.4 Å². The van der Waals surface area contributed by atoms with Gasteiger partial charge in [-0.2, -0.15) is 41.3 Å². The fourth-order valence-electron chi connectivity index (χ4n) is 8.46. The Morgan fingerprint density at radius 1 is 0.735 bits per heavy atom. The lowest BCUT2D eigenvalue weighted by Crippen LogP contribution is -2.52. The Morgan fingerprint density at radius 3 is 1.96 bits per heavy atom. The van der Waals surface area contributed by atoms with Crippen LogP contribution >= 0.6 is 0 Å². The van der Waals surface area contributed by atoms with Gasteiger partial charge in [0.25, 0.3) is 17.7 Å². The van der Waals surface area contributed by atoms with Crippen LogP contribution in [0.3, 0.4) is 0 Å². The molecule has 3 atom stereocenters. The topological polar surface area (TPSA) is 173 Å². The molecule has 2 N–H and O–H groups in total. The average Bonchev–Trinajstić information content (AvgIpc) is 3.77. The maximum absolute atomic E-state index is 14.9. The summed E-state index contributed by atoms with van der Waals surface area (Å²) in [6.07, 6.45) is -2.06. The highest BCUT2D eigenvalue weighted by Gasteiger charge is 2.43. The Bertz CT molecular complexity index is 2740. The van der Waals surface area contributed by atoms with Crippen LogP contribution in [-0.4, -0.2) is 111 Å². The highest BCUT2D eigenvalue weighted by molar-refractivity contribution is 6.01. The smallest absolute Gasteiger partial charge is 0.352 e. The van der Waals surface area contributed by atoms with E-state index in [9.17, 15) is 44.7 Å². The van der Waals surface area contributed by atoms with Crippen LogP contribution in [-0.2, 0) is 18.8 Å². The molecule has 2 aliphatic heterocycles. The van der Waals surface area contributed by atoms with E-state index in [1.54, 1.807) is 60.6 Å². The molecule has 8 rings (SSSR count). The SMILES string of the molecule is Cc1ccc(-c2ncccn2)c(C(=O)N2CCCC(Cc3cnn(-c4ccc(C)cc4C(=O)N4CCC(F)(F)CC4CNc4ncc(C(F)(F)F)cn4)n3)C2CNc2ncc(C(F)(F)F)cn2)c1. The van der Waals surface area contributed by atoms with Gasteiger partial charge in [-0.1, -0.05) is 29.3 Å². The summed E-state index contributed by atoms with van der Waals surface area (Å²) in [6, 6.07) is 10.3. The number of anilines is 2. The molecule has 2 aliphatic rings. The van der Waals surface area contributed by atoms with Crippen molar-refractivity contribution in [2.45, 2.75) is 76.3 Å². The van der Waals surface area contributed by atoms with E-state index in [4.69, 9.17) is 5.10 Å². The fourth-order valence-corrected chi connectivity index (χ4v) is 8.46. The van der Waals surface area contributed by atoms with Crippen LogP contribution in [0, 0.1) is 19.8 Å². The molecule has 3 unspecified atom stereocenters. The number of hydrogen-bond donors (Lipinski definition) is 2. The van der Waals surface area contributed by atoms with Crippen molar-refractivity contribution >= 4 is 23.7 Å². The Hall–Kier alpha value is -7.20. The van der Waals surface area contributed by atoms with Crippen LogP contribution in [0.5, 0.6) is 0 Å². The number of carbonyl (C=O) groups is 2. The lowest BCUT2D eigenvalue weighted by molar-refractivity contribution is -0.138. The zero-order valence-electron chi connectivity index (χ0n) is 36.4. The Balaban J connectivity index is 1.05. The first-order valence-electron chi connectivity index (χ1n) is 21.5. The minimum atomic E-state index is -4.68. The number of nitrogens with zero attached hydrogens (tertiary/aromatic N) is 11. The number of benzene rings is 2. The number of nitrogens with one attached hydrogen (secondary N) is 2. The zero-order chi connectivity index (χ0) is 48.4. The maximum atomic E-state index is 14.9. The van der Waals surface area contributed by atoms with Crippen molar-refractivity contribution in [2.24, 2.45) is 5.92 Å². The summed E-state index contributed by atoms with van der Waals surface area (Å²) in [5, 5.41) is 15.0. The van der Waals surface area contributed by atoms with Crippen LogP contribution in [0.15, 0.2) is 85.8 Å². The normalized spacial score (nSPS) is 18.6. The van der Waals surface area contributed by atoms with Crippen molar-refractivity contribution in [3.63, 3.8) is 0 Å². The molecule has 2 amide bonds. The second-order valence-corrected chi connectivity index (χ2v) is 16.8. The Labute approximate surface area is 383 Å². The molecule has 2 saturated heterocycles. The van der Waals surface area contributed by atoms with Crippen molar-refractivity contribution in [2.75, 3.05) is 36.8 Å². The van der Waals surface area contributed by atoms with E-state index < -0.39 is 60.2 Å². The van der Waals surface area contributed by atoms with Crippen molar-refractivity contribution in [1.82, 2.24) is 54.7 Å². The van der Waals surface area contributed by atoms with Crippen molar-refractivity contribution < 1.29 is 44.7 Å². The second-order valence-electron chi connectivity index (χ2n) is 16.8. The van der Waals surface area contributed by atoms with Crippen LogP contribution in [0.4, 0.5) is 47.0 Å². The van der Waals surface area contributed by atoms with Gasteiger partial charge >= 0.3 is 12.4 Å². The number of carbonyl (C=O) groups excluding carboxylic acids is 2. The van der Waals surface area contributed by atoms with Gasteiger partial charge in [-0.15, -0.1) is 0 Å². The van der Waals surface area contributed by atoms with E-state index in [2.05, 4.69) is 45.6 Å². The van der Waals surface area contributed by atoms with E-state index >= 15 is 0 Å². The van der Waals surface area contributed by atoms with Crippen molar-refractivity contribution in [3.8, 4) is 17.1 Å². The van der Waals surface area contributed by atoms with Gasteiger partial charge in [0.2, 0.25) is 11.9 Å². The number of rotatable bonds is 12. The standard InChI is InChI=1S/C45H43F8N13O2/c1-26-6-8-33(38-54-11-4-12-55-38)34(15-26)39(67)65-13-3-5-28(37(65)25-61-42-58-21-30(22-59-42)45(51,52)53)17-31-23-62-66(63-31)36-9-7-27(2)16-35(36)40(68)64-14-10-43(46,47)18-32(64)24-60-41-56-19-29(20-57-41)44(48,49)50/h4,6-9,11-12,15-16,19-23,28,32,37H,3,5,10,13-14,17-18,24-25H2,1-2H3,(H,56,57,60)(H,58,59,61). The van der Waals surface area contributed by atoms with Gasteiger partial charge in [0.15, 0.2) is 5.82 Å². The lowest BCUT2D eigenvalue weighted by Gasteiger charge is -2.41.